The third-order valence-electron chi connectivity index (χ3n) is 2.74. The van der Waals surface area contributed by atoms with Gasteiger partial charge in [0, 0.05) is 24.8 Å². The molecule has 0 bridgehead atoms. The Morgan fingerprint density at radius 1 is 1.22 bits per heavy atom. The van der Waals surface area contributed by atoms with Crippen molar-refractivity contribution in [2.45, 2.75) is 19.9 Å². The molecule has 4 nitrogen and oxygen atoms in total. The van der Waals surface area contributed by atoms with Crippen molar-refractivity contribution in [1.82, 2.24) is 5.32 Å². The van der Waals surface area contributed by atoms with Gasteiger partial charge in [-0.1, -0.05) is 13.0 Å². The third-order valence-corrected chi connectivity index (χ3v) is 2.74. The maximum Gasteiger partial charge on any atom is 0.127 e. The number of nitrogens with one attached hydrogen (secondary N) is 1. The summed E-state index contributed by atoms with van der Waals surface area (Å²) in [5.74, 6) is 1.65. The molecule has 1 N–H and O–H groups in total. The van der Waals surface area contributed by atoms with Gasteiger partial charge in [0.2, 0.25) is 0 Å². The molecule has 0 aromatic heterocycles. The molecule has 0 aliphatic rings. The lowest BCUT2D eigenvalue weighted by Crippen LogP contribution is -2.19. The van der Waals surface area contributed by atoms with Crippen molar-refractivity contribution in [1.29, 1.82) is 0 Å². The molecular weight excluding hydrogens is 230 g/mol. The predicted octanol–water partition coefficient (Wildman–Crippen LogP) is 2.39. The van der Waals surface area contributed by atoms with Gasteiger partial charge in [-0.3, -0.25) is 0 Å². The highest BCUT2D eigenvalue weighted by Crippen LogP contribution is 2.29. The summed E-state index contributed by atoms with van der Waals surface area (Å²) in [5, 5.41) is 3.38. The van der Waals surface area contributed by atoms with Gasteiger partial charge in [0.05, 0.1) is 13.7 Å². The van der Waals surface area contributed by atoms with Gasteiger partial charge in [0.1, 0.15) is 18.1 Å². The van der Waals surface area contributed by atoms with E-state index in [2.05, 4.69) is 19.2 Å². The van der Waals surface area contributed by atoms with Gasteiger partial charge >= 0.3 is 0 Å². The Morgan fingerprint density at radius 2 is 2.00 bits per heavy atom. The van der Waals surface area contributed by atoms with E-state index in [4.69, 9.17) is 14.2 Å². The quantitative estimate of drug-likeness (QED) is 0.722. The minimum Gasteiger partial charge on any atom is -0.497 e. The molecule has 1 aromatic carbocycles. The van der Waals surface area contributed by atoms with Crippen LogP contribution in [0.25, 0.3) is 0 Å². The smallest absolute Gasteiger partial charge is 0.127 e. The summed E-state index contributed by atoms with van der Waals surface area (Å²) in [7, 11) is 3.32. The minimum atomic E-state index is 0.249. The highest BCUT2D eigenvalue weighted by atomic mass is 16.5. The summed E-state index contributed by atoms with van der Waals surface area (Å²) < 4.78 is 16.0. The molecule has 4 heteroatoms. The maximum absolute atomic E-state index is 5.74. The Bertz CT molecular complexity index is 355. The van der Waals surface area contributed by atoms with Crippen LogP contribution in [-0.2, 0) is 4.74 Å². The fourth-order valence-electron chi connectivity index (χ4n) is 1.78. The number of hydrogen-bond donors (Lipinski definition) is 1. The standard InChI is InChI=1S/C14H23NO3/c1-5-15-11(2)13-7-6-12(17-4)10-14(13)18-9-8-16-3/h6-7,10-11,15H,5,8-9H2,1-4H3. The van der Waals surface area contributed by atoms with Gasteiger partial charge in [0.15, 0.2) is 0 Å². The fourth-order valence-corrected chi connectivity index (χ4v) is 1.78. The van der Waals surface area contributed by atoms with Crippen LogP contribution in [0.5, 0.6) is 11.5 Å². The Labute approximate surface area is 109 Å². The summed E-state index contributed by atoms with van der Waals surface area (Å²) in [6.07, 6.45) is 0. The molecule has 0 aliphatic carbocycles. The number of hydrogen-bond acceptors (Lipinski definition) is 4. The molecule has 18 heavy (non-hydrogen) atoms. The van der Waals surface area contributed by atoms with E-state index in [1.54, 1.807) is 14.2 Å². The van der Waals surface area contributed by atoms with Gasteiger partial charge in [-0.15, -0.1) is 0 Å². The average Bonchev–Trinajstić information content (AvgIpc) is 2.39. The second-order valence-electron chi connectivity index (χ2n) is 4.02. The van der Waals surface area contributed by atoms with E-state index in [1.165, 1.54) is 0 Å². The third kappa shape index (κ3) is 4.20. The molecule has 0 spiro atoms. The molecule has 1 unspecified atom stereocenters. The molecule has 1 rings (SSSR count). The summed E-state index contributed by atoms with van der Waals surface area (Å²) in [5.41, 5.74) is 1.13. The first kappa shape index (κ1) is 14.8. The molecule has 0 saturated heterocycles. The second-order valence-corrected chi connectivity index (χ2v) is 4.02. The molecule has 0 fully saturated rings. The lowest BCUT2D eigenvalue weighted by Gasteiger charge is -2.18. The first-order valence-corrected chi connectivity index (χ1v) is 6.26. The van der Waals surface area contributed by atoms with Gasteiger partial charge in [-0.05, 0) is 19.5 Å². The largest absolute Gasteiger partial charge is 0.497 e. The summed E-state index contributed by atoms with van der Waals surface area (Å²) in [6, 6.07) is 6.15. The van der Waals surface area contributed by atoms with Gasteiger partial charge in [-0.25, -0.2) is 0 Å². The molecule has 0 aliphatic heterocycles. The van der Waals surface area contributed by atoms with Gasteiger partial charge in [0.25, 0.3) is 0 Å². The zero-order valence-electron chi connectivity index (χ0n) is 11.7. The van der Waals surface area contributed by atoms with Crippen LogP contribution in [0.3, 0.4) is 0 Å². The monoisotopic (exact) mass is 253 g/mol. The molecular formula is C14H23NO3. The van der Waals surface area contributed by atoms with Crippen LogP contribution in [0.2, 0.25) is 0 Å². The molecule has 0 amide bonds. The van der Waals surface area contributed by atoms with Crippen LogP contribution in [0.1, 0.15) is 25.5 Å². The minimum absolute atomic E-state index is 0.249. The molecule has 102 valence electrons. The SMILES string of the molecule is CCNC(C)c1ccc(OC)cc1OCCOC. The van der Waals surface area contributed by atoms with E-state index in [1.807, 2.05) is 18.2 Å². The van der Waals surface area contributed by atoms with Crippen LogP contribution in [-0.4, -0.2) is 34.0 Å². The molecule has 0 heterocycles. The number of methoxy groups -OCH3 is 2. The molecule has 1 atom stereocenters. The second kappa shape index (κ2) is 7.95. The van der Waals surface area contributed by atoms with Crippen LogP contribution in [0.4, 0.5) is 0 Å². The molecule has 0 radical (unpaired) electrons. The summed E-state index contributed by atoms with van der Waals surface area (Å²) in [4.78, 5) is 0. The summed E-state index contributed by atoms with van der Waals surface area (Å²) in [6.45, 7) is 6.24. The number of benzene rings is 1. The maximum atomic E-state index is 5.74. The van der Waals surface area contributed by atoms with Crippen molar-refractivity contribution in [2.75, 3.05) is 34.0 Å². The van der Waals surface area contributed by atoms with E-state index in [-0.39, 0.29) is 6.04 Å². The average molecular weight is 253 g/mol. The van der Waals surface area contributed by atoms with Gasteiger partial charge in [-0.2, -0.15) is 0 Å². The van der Waals surface area contributed by atoms with Crippen molar-refractivity contribution in [3.05, 3.63) is 23.8 Å². The van der Waals surface area contributed by atoms with E-state index < -0.39 is 0 Å². The van der Waals surface area contributed by atoms with E-state index in [9.17, 15) is 0 Å². The fraction of sp³-hybridized carbons (Fsp3) is 0.571. The van der Waals surface area contributed by atoms with E-state index in [0.29, 0.717) is 13.2 Å². The molecule has 0 saturated carbocycles. The zero-order chi connectivity index (χ0) is 13.4. The first-order valence-electron chi connectivity index (χ1n) is 6.26. The first-order chi connectivity index (χ1) is 8.72. The Kier molecular flexibility index (Phi) is 6.54. The van der Waals surface area contributed by atoms with E-state index in [0.717, 1.165) is 23.6 Å². The Morgan fingerprint density at radius 3 is 2.61 bits per heavy atom. The van der Waals surface area contributed by atoms with Crippen molar-refractivity contribution in [3.63, 3.8) is 0 Å². The van der Waals surface area contributed by atoms with Crippen molar-refractivity contribution in [3.8, 4) is 11.5 Å². The van der Waals surface area contributed by atoms with Crippen LogP contribution in [0.15, 0.2) is 18.2 Å². The number of rotatable bonds is 8. The Hall–Kier alpha value is -1.26. The van der Waals surface area contributed by atoms with Crippen LogP contribution in [0, 0.1) is 0 Å². The molecule has 1 aromatic rings. The lowest BCUT2D eigenvalue weighted by molar-refractivity contribution is 0.145. The van der Waals surface area contributed by atoms with Crippen molar-refractivity contribution < 1.29 is 14.2 Å². The lowest BCUT2D eigenvalue weighted by atomic mass is 10.1. The van der Waals surface area contributed by atoms with Crippen LogP contribution >= 0.6 is 0 Å². The van der Waals surface area contributed by atoms with Crippen molar-refractivity contribution >= 4 is 0 Å². The summed E-state index contributed by atoms with van der Waals surface area (Å²) >= 11 is 0. The topological polar surface area (TPSA) is 39.7 Å². The highest BCUT2D eigenvalue weighted by Gasteiger charge is 2.12. The Balaban J connectivity index is 2.85. The zero-order valence-corrected chi connectivity index (χ0v) is 11.7. The highest BCUT2D eigenvalue weighted by molar-refractivity contribution is 5.42. The number of ether oxygens (including phenoxy) is 3. The predicted molar refractivity (Wildman–Crippen MR) is 72.5 cm³/mol. The normalized spacial score (nSPS) is 12.2. The van der Waals surface area contributed by atoms with E-state index >= 15 is 0 Å². The van der Waals surface area contributed by atoms with Crippen molar-refractivity contribution in [2.24, 2.45) is 0 Å². The van der Waals surface area contributed by atoms with Crippen LogP contribution < -0.4 is 14.8 Å². The van der Waals surface area contributed by atoms with Gasteiger partial charge < -0.3 is 19.5 Å².